The van der Waals surface area contributed by atoms with Gasteiger partial charge in [-0.15, -0.1) is 0 Å². The van der Waals surface area contributed by atoms with E-state index in [1.807, 2.05) is 6.07 Å². The lowest BCUT2D eigenvalue weighted by Gasteiger charge is -2.22. The number of carbonyl (C=O) groups is 3. The molecule has 10 heteroatoms. The molecule has 0 aliphatic heterocycles. The van der Waals surface area contributed by atoms with E-state index in [-0.39, 0.29) is 32.5 Å². The van der Waals surface area contributed by atoms with Crippen molar-refractivity contribution in [2.45, 2.75) is 44.2 Å². The Bertz CT molecular complexity index is 636. The van der Waals surface area contributed by atoms with Gasteiger partial charge in [0.2, 0.25) is 5.91 Å². The molecule has 0 radical (unpaired) electrons. The average molecular weight is 412 g/mol. The van der Waals surface area contributed by atoms with Crippen LogP contribution in [0.2, 0.25) is 0 Å². The second-order valence-corrected chi connectivity index (χ2v) is 6.15. The lowest BCUT2D eigenvalue weighted by atomic mass is 10.1. The molecule has 0 aliphatic rings. The minimum absolute atomic E-state index is 0.00725. The van der Waals surface area contributed by atoms with Gasteiger partial charge in [0.05, 0.1) is 0 Å². The first-order valence-corrected chi connectivity index (χ1v) is 9.08. The van der Waals surface area contributed by atoms with E-state index in [4.69, 9.17) is 19.3 Å². The molecule has 0 fully saturated rings. The largest absolute Gasteiger partial charge is 0.480 e. The van der Waals surface area contributed by atoms with Crippen LogP contribution in [-0.2, 0) is 30.4 Å². The fourth-order valence-corrected chi connectivity index (χ4v) is 2.47. The Morgan fingerprint density at radius 3 is 2.17 bits per heavy atom. The summed E-state index contributed by atoms with van der Waals surface area (Å²) in [5.41, 5.74) is 0.766. The van der Waals surface area contributed by atoms with Crippen LogP contribution in [0, 0.1) is 0 Å². The second-order valence-electron chi connectivity index (χ2n) is 6.15. The van der Waals surface area contributed by atoms with Crippen LogP contribution >= 0.6 is 0 Å². The number of methoxy groups -OCH3 is 2. The summed E-state index contributed by atoms with van der Waals surface area (Å²) in [6.07, 6.45) is -1.27. The van der Waals surface area contributed by atoms with Crippen molar-refractivity contribution in [2.75, 3.05) is 20.8 Å². The Kier molecular flexibility index (Phi) is 11.3. The van der Waals surface area contributed by atoms with E-state index < -0.39 is 36.3 Å². The average Bonchev–Trinajstić information content (AvgIpc) is 2.72. The lowest BCUT2D eigenvalue weighted by molar-refractivity contribution is -0.144. The van der Waals surface area contributed by atoms with Crippen LogP contribution in [0.1, 0.15) is 24.8 Å². The highest BCUT2D eigenvalue weighted by Crippen LogP contribution is 2.07. The van der Waals surface area contributed by atoms with Crippen molar-refractivity contribution in [3.05, 3.63) is 35.9 Å². The third-order valence-corrected chi connectivity index (χ3v) is 4.07. The predicted octanol–water partition coefficient (Wildman–Crippen LogP) is 0.632. The SMILES string of the molecule is COC(CC[C@@H](NC(=O)[C@H](CCO)NC(=O)OCc1ccccc1)C(=O)O)OC. The minimum Gasteiger partial charge on any atom is -0.480 e. The Labute approximate surface area is 169 Å². The molecule has 0 aromatic heterocycles. The smallest absolute Gasteiger partial charge is 0.408 e. The molecule has 0 saturated carbocycles. The Balaban J connectivity index is 2.61. The van der Waals surface area contributed by atoms with Crippen molar-refractivity contribution in [1.29, 1.82) is 0 Å². The molecular weight excluding hydrogens is 384 g/mol. The van der Waals surface area contributed by atoms with Gasteiger partial charge in [-0.2, -0.15) is 0 Å². The monoisotopic (exact) mass is 412 g/mol. The fraction of sp³-hybridized carbons (Fsp3) is 0.526. The van der Waals surface area contributed by atoms with Gasteiger partial charge in [0.25, 0.3) is 0 Å². The van der Waals surface area contributed by atoms with Crippen LogP contribution in [0.5, 0.6) is 0 Å². The van der Waals surface area contributed by atoms with E-state index in [0.29, 0.717) is 0 Å². The molecule has 162 valence electrons. The Hall–Kier alpha value is -2.69. The van der Waals surface area contributed by atoms with Gasteiger partial charge in [-0.3, -0.25) is 4.79 Å². The number of benzene rings is 1. The van der Waals surface area contributed by atoms with Crippen molar-refractivity contribution in [1.82, 2.24) is 10.6 Å². The summed E-state index contributed by atoms with van der Waals surface area (Å²) in [6, 6.07) is 6.60. The number of aliphatic hydroxyl groups excluding tert-OH is 1. The first-order chi connectivity index (χ1) is 13.9. The number of nitrogens with one attached hydrogen (secondary N) is 2. The van der Waals surface area contributed by atoms with E-state index in [2.05, 4.69) is 10.6 Å². The normalized spacial score (nSPS) is 12.8. The molecule has 4 N–H and O–H groups in total. The molecule has 0 bridgehead atoms. The summed E-state index contributed by atoms with van der Waals surface area (Å²) in [7, 11) is 2.84. The molecule has 29 heavy (non-hydrogen) atoms. The summed E-state index contributed by atoms with van der Waals surface area (Å²) in [5.74, 6) is -1.98. The molecule has 1 aromatic rings. The Morgan fingerprint density at radius 1 is 0.966 bits per heavy atom. The highest BCUT2D eigenvalue weighted by atomic mass is 16.7. The number of aliphatic carboxylic acids is 1. The second kappa shape index (κ2) is 13.5. The molecule has 10 nitrogen and oxygen atoms in total. The van der Waals surface area contributed by atoms with Gasteiger partial charge in [-0.25, -0.2) is 9.59 Å². The molecule has 0 aliphatic carbocycles. The minimum atomic E-state index is -1.24. The van der Waals surface area contributed by atoms with Crippen LogP contribution < -0.4 is 10.6 Å². The maximum absolute atomic E-state index is 12.4. The van der Waals surface area contributed by atoms with E-state index in [1.165, 1.54) is 14.2 Å². The van der Waals surface area contributed by atoms with Crippen LogP contribution in [0.4, 0.5) is 4.79 Å². The maximum atomic E-state index is 12.4. The van der Waals surface area contributed by atoms with Crippen LogP contribution in [0.3, 0.4) is 0 Å². The lowest BCUT2D eigenvalue weighted by Crippen LogP contribution is -2.52. The fourth-order valence-electron chi connectivity index (χ4n) is 2.47. The van der Waals surface area contributed by atoms with Gasteiger partial charge in [0.1, 0.15) is 18.7 Å². The zero-order valence-electron chi connectivity index (χ0n) is 16.5. The molecule has 1 aromatic carbocycles. The standard InChI is InChI=1S/C19H28N2O8/c1-27-16(28-2)9-8-15(18(24)25)20-17(23)14(10-11-22)21-19(26)29-12-13-6-4-3-5-7-13/h3-7,14-16,22H,8-12H2,1-2H3,(H,20,23)(H,21,26)(H,24,25)/t14-,15+/m0/s1. The molecule has 0 spiro atoms. The van der Waals surface area contributed by atoms with Gasteiger partial charge in [0.15, 0.2) is 6.29 Å². The van der Waals surface area contributed by atoms with Crippen molar-refractivity contribution in [3.8, 4) is 0 Å². The molecule has 0 saturated heterocycles. The molecule has 2 atom stereocenters. The number of aliphatic hydroxyl groups is 1. The Morgan fingerprint density at radius 2 is 1.62 bits per heavy atom. The van der Waals surface area contributed by atoms with Crippen molar-refractivity contribution < 1.29 is 38.8 Å². The number of carboxylic acids is 1. The van der Waals surface area contributed by atoms with Gasteiger partial charge in [0, 0.05) is 27.2 Å². The topological polar surface area (TPSA) is 143 Å². The number of ether oxygens (including phenoxy) is 3. The third-order valence-electron chi connectivity index (χ3n) is 4.07. The summed E-state index contributed by atoms with van der Waals surface area (Å²) in [6.45, 7) is -0.377. The number of rotatable bonds is 13. The first kappa shape index (κ1) is 24.3. The number of hydrogen-bond acceptors (Lipinski definition) is 7. The summed E-state index contributed by atoms with van der Waals surface area (Å²) < 4.78 is 15.1. The van der Waals surface area contributed by atoms with E-state index in [1.54, 1.807) is 24.3 Å². The van der Waals surface area contributed by atoms with E-state index in [0.717, 1.165) is 5.56 Å². The molecule has 1 rings (SSSR count). The van der Waals surface area contributed by atoms with Crippen LogP contribution in [0.25, 0.3) is 0 Å². The summed E-state index contributed by atoms with van der Waals surface area (Å²) in [5, 5.41) is 23.2. The summed E-state index contributed by atoms with van der Waals surface area (Å²) >= 11 is 0. The highest BCUT2D eigenvalue weighted by Gasteiger charge is 2.27. The number of carbonyl (C=O) groups excluding carboxylic acids is 2. The van der Waals surface area contributed by atoms with Crippen LogP contribution in [0.15, 0.2) is 30.3 Å². The first-order valence-electron chi connectivity index (χ1n) is 9.08. The van der Waals surface area contributed by atoms with Gasteiger partial charge in [-0.05, 0) is 18.4 Å². The zero-order chi connectivity index (χ0) is 21.6. The third kappa shape index (κ3) is 9.37. The number of hydrogen-bond donors (Lipinski definition) is 4. The molecule has 0 unspecified atom stereocenters. The zero-order valence-corrected chi connectivity index (χ0v) is 16.5. The molecule has 0 heterocycles. The quantitative estimate of drug-likeness (QED) is 0.346. The van der Waals surface area contributed by atoms with Crippen molar-refractivity contribution in [3.63, 3.8) is 0 Å². The molecular formula is C19H28N2O8. The van der Waals surface area contributed by atoms with E-state index in [9.17, 15) is 19.5 Å². The maximum Gasteiger partial charge on any atom is 0.408 e. The van der Waals surface area contributed by atoms with Gasteiger partial charge >= 0.3 is 12.1 Å². The van der Waals surface area contributed by atoms with Gasteiger partial charge in [-0.1, -0.05) is 30.3 Å². The number of amides is 2. The predicted molar refractivity (Wildman–Crippen MR) is 102 cm³/mol. The summed E-state index contributed by atoms with van der Waals surface area (Å²) in [4.78, 5) is 35.8. The highest BCUT2D eigenvalue weighted by molar-refractivity contribution is 5.89. The van der Waals surface area contributed by atoms with Crippen molar-refractivity contribution in [2.24, 2.45) is 0 Å². The number of carboxylic acid groups (broad SMARTS) is 1. The van der Waals surface area contributed by atoms with Gasteiger partial charge < -0.3 is 35.1 Å². The van der Waals surface area contributed by atoms with Crippen LogP contribution in [-0.4, -0.2) is 67.4 Å². The van der Waals surface area contributed by atoms with Crippen molar-refractivity contribution >= 4 is 18.0 Å². The number of alkyl carbamates (subject to hydrolysis) is 1. The molecule has 2 amide bonds. The van der Waals surface area contributed by atoms with E-state index >= 15 is 0 Å².